The molecule has 1 aliphatic rings. The molecule has 2 aromatic rings. The zero-order valence-corrected chi connectivity index (χ0v) is 17.2. The van der Waals surface area contributed by atoms with Gasteiger partial charge in [-0.2, -0.15) is 4.99 Å². The molecule has 0 unspecified atom stereocenters. The number of benzene rings is 2. The molecule has 154 valence electrons. The number of carbonyl (C=O) groups is 2. The number of nitrogens with zero attached hydrogens (tertiary/aromatic N) is 2. The van der Waals surface area contributed by atoms with Crippen LogP contribution in [-0.2, 0) is 9.53 Å². The molecule has 0 fully saturated rings. The molecule has 7 heteroatoms. The van der Waals surface area contributed by atoms with Gasteiger partial charge < -0.3 is 14.6 Å². The van der Waals surface area contributed by atoms with E-state index in [4.69, 9.17) is 9.47 Å². The number of aliphatic imine (C=N–C) groups is 2. The fourth-order valence-corrected chi connectivity index (χ4v) is 2.97. The molecule has 0 radical (unpaired) electrons. The second kappa shape index (κ2) is 8.73. The monoisotopic (exact) mass is 406 g/mol. The molecule has 1 heterocycles. The highest BCUT2D eigenvalue weighted by Crippen LogP contribution is 2.26. The van der Waals surface area contributed by atoms with E-state index in [1.54, 1.807) is 69.5 Å². The summed E-state index contributed by atoms with van der Waals surface area (Å²) >= 11 is 0. The second-order valence-corrected chi connectivity index (χ2v) is 6.89. The Bertz CT molecular complexity index is 1080. The molecule has 0 spiro atoms. The lowest BCUT2D eigenvalue weighted by molar-refractivity contribution is -0.142. The van der Waals surface area contributed by atoms with Crippen molar-refractivity contribution in [2.24, 2.45) is 9.98 Å². The standard InChI is InChI=1S/C23H22N2O5/c1-13(2)30-23(28)19(14(3)26)20-17-7-5-6-8-18(17)21(24-20)25-22(27)15-9-11-16(29-4)12-10-15/h5-13,26H,1-4H3. The number of amidine groups is 1. The van der Waals surface area contributed by atoms with E-state index in [2.05, 4.69) is 9.98 Å². The van der Waals surface area contributed by atoms with Gasteiger partial charge in [0.2, 0.25) is 0 Å². The molecule has 1 N–H and O–H groups in total. The Morgan fingerprint density at radius 1 is 1.03 bits per heavy atom. The first-order valence-corrected chi connectivity index (χ1v) is 9.38. The zero-order valence-electron chi connectivity index (χ0n) is 17.2. The molecule has 0 saturated carbocycles. The minimum absolute atomic E-state index is 0.0572. The molecular formula is C23H22N2O5. The normalized spacial score (nSPS) is 14.8. The zero-order chi connectivity index (χ0) is 21.8. The van der Waals surface area contributed by atoms with Crippen LogP contribution >= 0.6 is 0 Å². The Kier molecular flexibility index (Phi) is 6.11. The van der Waals surface area contributed by atoms with Crippen LogP contribution in [0.1, 0.15) is 42.3 Å². The summed E-state index contributed by atoms with van der Waals surface area (Å²) in [5.41, 5.74) is 1.71. The second-order valence-electron chi connectivity index (χ2n) is 6.89. The summed E-state index contributed by atoms with van der Waals surface area (Å²) < 4.78 is 10.4. The lowest BCUT2D eigenvalue weighted by atomic mass is 9.99. The molecule has 0 atom stereocenters. The number of fused-ring (bicyclic) bond motifs is 1. The molecule has 30 heavy (non-hydrogen) atoms. The third kappa shape index (κ3) is 4.30. The molecule has 1 aliphatic heterocycles. The van der Waals surface area contributed by atoms with E-state index < -0.39 is 11.9 Å². The number of aliphatic hydroxyl groups is 1. The van der Waals surface area contributed by atoms with Gasteiger partial charge >= 0.3 is 5.97 Å². The number of hydrogen-bond donors (Lipinski definition) is 1. The van der Waals surface area contributed by atoms with Crippen molar-refractivity contribution in [1.82, 2.24) is 0 Å². The van der Waals surface area contributed by atoms with Gasteiger partial charge in [0, 0.05) is 16.7 Å². The summed E-state index contributed by atoms with van der Waals surface area (Å²) in [6, 6.07) is 13.6. The van der Waals surface area contributed by atoms with Crippen molar-refractivity contribution in [2.45, 2.75) is 26.9 Å². The van der Waals surface area contributed by atoms with Crippen LogP contribution in [0.15, 0.2) is 69.8 Å². The van der Waals surface area contributed by atoms with Crippen molar-refractivity contribution < 1.29 is 24.2 Å². The van der Waals surface area contributed by atoms with Crippen molar-refractivity contribution in [3.8, 4) is 5.75 Å². The fraction of sp³-hybridized carbons (Fsp3) is 0.217. The molecule has 0 bridgehead atoms. The number of amides is 1. The lowest BCUT2D eigenvalue weighted by Gasteiger charge is -2.12. The molecule has 3 rings (SSSR count). The number of aliphatic hydroxyl groups excluding tert-OH is 1. The maximum absolute atomic E-state index is 12.6. The first kappa shape index (κ1) is 21.0. The smallest absolute Gasteiger partial charge is 0.344 e. The van der Waals surface area contributed by atoms with Gasteiger partial charge in [-0.1, -0.05) is 24.3 Å². The highest BCUT2D eigenvalue weighted by Gasteiger charge is 2.31. The average Bonchev–Trinajstić information content (AvgIpc) is 3.05. The van der Waals surface area contributed by atoms with E-state index in [0.29, 0.717) is 22.4 Å². The van der Waals surface area contributed by atoms with Gasteiger partial charge in [-0.3, -0.25) is 4.79 Å². The lowest BCUT2D eigenvalue weighted by Crippen LogP contribution is -2.21. The summed E-state index contributed by atoms with van der Waals surface area (Å²) in [4.78, 5) is 33.8. The van der Waals surface area contributed by atoms with Crippen LogP contribution in [0.4, 0.5) is 0 Å². The predicted octanol–water partition coefficient (Wildman–Crippen LogP) is 3.87. The summed E-state index contributed by atoms with van der Waals surface area (Å²) in [7, 11) is 1.54. The van der Waals surface area contributed by atoms with Crippen LogP contribution in [0.2, 0.25) is 0 Å². The van der Waals surface area contributed by atoms with Gasteiger partial charge in [-0.15, -0.1) is 0 Å². The van der Waals surface area contributed by atoms with Crippen LogP contribution in [0.3, 0.4) is 0 Å². The number of hydrogen-bond acceptors (Lipinski definition) is 5. The van der Waals surface area contributed by atoms with Crippen LogP contribution < -0.4 is 4.74 Å². The highest BCUT2D eigenvalue weighted by atomic mass is 16.5. The Balaban J connectivity index is 2.04. The van der Waals surface area contributed by atoms with Crippen LogP contribution in [-0.4, -0.2) is 41.7 Å². The van der Waals surface area contributed by atoms with E-state index in [1.807, 2.05) is 0 Å². The van der Waals surface area contributed by atoms with E-state index in [0.717, 1.165) is 0 Å². The van der Waals surface area contributed by atoms with Gasteiger partial charge in [-0.25, -0.2) is 9.79 Å². The third-order valence-electron chi connectivity index (χ3n) is 4.33. The first-order valence-electron chi connectivity index (χ1n) is 9.38. The number of methoxy groups -OCH3 is 1. The largest absolute Gasteiger partial charge is 0.512 e. The SMILES string of the molecule is COc1ccc(C(=O)N=C2N=C(C(C(=O)OC(C)C)=C(C)O)c3ccccc32)cc1. The van der Waals surface area contributed by atoms with Gasteiger partial charge in [0.1, 0.15) is 17.1 Å². The topological polar surface area (TPSA) is 97.6 Å². The Morgan fingerprint density at radius 3 is 2.23 bits per heavy atom. The molecule has 0 aromatic heterocycles. The Morgan fingerprint density at radius 2 is 1.67 bits per heavy atom. The molecule has 2 aromatic carbocycles. The van der Waals surface area contributed by atoms with Crippen molar-refractivity contribution >= 4 is 23.4 Å². The summed E-state index contributed by atoms with van der Waals surface area (Å²) in [5.74, 6) is -0.609. The Hall–Kier alpha value is -3.74. The van der Waals surface area contributed by atoms with Gasteiger partial charge in [-0.05, 0) is 45.0 Å². The average molecular weight is 406 g/mol. The summed E-state index contributed by atoms with van der Waals surface area (Å²) in [5, 5.41) is 10.2. The van der Waals surface area contributed by atoms with E-state index in [-0.39, 0.29) is 29.0 Å². The number of ether oxygens (including phenoxy) is 2. The summed E-state index contributed by atoms with van der Waals surface area (Å²) in [6.07, 6.45) is -0.367. The minimum Gasteiger partial charge on any atom is -0.512 e. The molecule has 7 nitrogen and oxygen atoms in total. The van der Waals surface area contributed by atoms with Crippen LogP contribution in [0.25, 0.3) is 0 Å². The number of esters is 1. The Labute approximate surface area is 174 Å². The molecule has 0 aliphatic carbocycles. The van der Waals surface area contributed by atoms with Gasteiger partial charge in [0.25, 0.3) is 5.91 Å². The van der Waals surface area contributed by atoms with Crippen molar-refractivity contribution in [2.75, 3.05) is 7.11 Å². The predicted molar refractivity (Wildman–Crippen MR) is 113 cm³/mol. The summed E-state index contributed by atoms with van der Waals surface area (Å²) in [6.45, 7) is 4.82. The quantitative estimate of drug-likeness (QED) is 0.462. The first-order chi connectivity index (χ1) is 14.3. The maximum Gasteiger partial charge on any atom is 0.344 e. The van der Waals surface area contributed by atoms with Crippen molar-refractivity contribution in [3.05, 3.63) is 76.6 Å². The molecular weight excluding hydrogens is 384 g/mol. The highest BCUT2D eigenvalue weighted by molar-refractivity contribution is 6.36. The van der Waals surface area contributed by atoms with Crippen LogP contribution in [0, 0.1) is 0 Å². The van der Waals surface area contributed by atoms with E-state index in [1.165, 1.54) is 6.92 Å². The van der Waals surface area contributed by atoms with Gasteiger partial charge in [0.05, 0.1) is 18.9 Å². The van der Waals surface area contributed by atoms with Gasteiger partial charge in [0.15, 0.2) is 5.84 Å². The maximum atomic E-state index is 12.6. The fourth-order valence-electron chi connectivity index (χ4n) is 2.97. The third-order valence-corrected chi connectivity index (χ3v) is 4.33. The number of allylic oxidation sites excluding steroid dienone is 1. The number of carbonyl (C=O) groups excluding carboxylic acids is 2. The minimum atomic E-state index is -0.693. The number of rotatable bonds is 5. The van der Waals surface area contributed by atoms with E-state index >= 15 is 0 Å². The van der Waals surface area contributed by atoms with Crippen LogP contribution in [0.5, 0.6) is 5.75 Å². The molecule has 0 saturated heterocycles. The van der Waals surface area contributed by atoms with E-state index in [9.17, 15) is 14.7 Å². The van der Waals surface area contributed by atoms with Crippen molar-refractivity contribution in [3.63, 3.8) is 0 Å². The van der Waals surface area contributed by atoms with Crippen molar-refractivity contribution in [1.29, 1.82) is 0 Å². The molecule has 1 amide bonds.